The zero-order valence-electron chi connectivity index (χ0n) is 23.9. The van der Waals surface area contributed by atoms with Crippen LogP contribution in [0, 0.1) is 59.1 Å². The van der Waals surface area contributed by atoms with Gasteiger partial charge >= 0.3 is 0 Å². The lowest BCUT2D eigenvalue weighted by atomic mass is 9.43. The van der Waals surface area contributed by atoms with Crippen molar-refractivity contribution in [3.05, 3.63) is 29.1 Å². The molecule has 1 amide bonds. The molecule has 4 nitrogen and oxygen atoms in total. The van der Waals surface area contributed by atoms with Crippen LogP contribution in [0.4, 0.5) is 10.1 Å². The molecule has 0 unspecified atom stereocenters. The van der Waals surface area contributed by atoms with Crippen LogP contribution >= 0.6 is 0 Å². The van der Waals surface area contributed by atoms with Gasteiger partial charge in [0.2, 0.25) is 5.91 Å². The van der Waals surface area contributed by atoms with Gasteiger partial charge in [0.25, 0.3) is 0 Å². The minimum atomic E-state index is -0.302. The van der Waals surface area contributed by atoms with Crippen molar-refractivity contribution in [2.45, 2.75) is 111 Å². The van der Waals surface area contributed by atoms with Crippen LogP contribution in [0.25, 0.3) is 0 Å². The van der Waals surface area contributed by atoms with E-state index in [0.29, 0.717) is 59.7 Å². The number of fused-ring (bicyclic) bond motifs is 6. The molecule has 4 saturated carbocycles. The predicted molar refractivity (Wildman–Crippen MR) is 148 cm³/mol. The number of halogens is 1. The second-order valence-corrected chi connectivity index (χ2v) is 14.4. The lowest BCUT2D eigenvalue weighted by Gasteiger charge is -2.62. The average molecular weight is 526 g/mol. The Hall–Kier alpha value is -1.46. The molecule has 6 rings (SSSR count). The van der Waals surface area contributed by atoms with Gasteiger partial charge in [-0.15, -0.1) is 0 Å². The molecule has 2 N–H and O–H groups in total. The Morgan fingerprint density at radius 2 is 1.89 bits per heavy atom. The van der Waals surface area contributed by atoms with Crippen molar-refractivity contribution in [3.8, 4) is 0 Å². The van der Waals surface area contributed by atoms with Crippen molar-refractivity contribution >= 4 is 11.6 Å². The summed E-state index contributed by atoms with van der Waals surface area (Å²) in [6.45, 7) is 9.46. The van der Waals surface area contributed by atoms with Gasteiger partial charge in [-0.25, -0.2) is 4.39 Å². The summed E-state index contributed by atoms with van der Waals surface area (Å²) in [6.07, 6.45) is 10.1. The van der Waals surface area contributed by atoms with E-state index in [9.17, 15) is 19.4 Å². The molecule has 0 bridgehead atoms. The lowest BCUT2D eigenvalue weighted by Crippen LogP contribution is -2.58. The Bertz CT molecular complexity index is 1090. The minimum Gasteiger partial charge on any atom is -0.393 e. The summed E-state index contributed by atoms with van der Waals surface area (Å²) in [7, 11) is 0. The fraction of sp³-hybridized carbons (Fsp3) is 0.788. The van der Waals surface area contributed by atoms with E-state index < -0.39 is 0 Å². The number of hydrogen-bond donors (Lipinski definition) is 2. The minimum absolute atomic E-state index is 0.0368. The third-order valence-electron chi connectivity index (χ3n) is 12.9. The van der Waals surface area contributed by atoms with Crippen LogP contribution in [0.1, 0.15) is 96.1 Å². The van der Waals surface area contributed by atoms with Gasteiger partial charge in [-0.2, -0.15) is 0 Å². The second kappa shape index (κ2) is 9.58. The lowest BCUT2D eigenvalue weighted by molar-refractivity contribution is -0.174. The van der Waals surface area contributed by atoms with E-state index in [0.717, 1.165) is 50.5 Å². The summed E-state index contributed by atoms with van der Waals surface area (Å²) in [4.78, 5) is 15.0. The quantitative estimate of drug-likeness (QED) is 0.476. The first-order valence-electron chi connectivity index (χ1n) is 15.5. The molecule has 1 aromatic rings. The normalized spacial score (nSPS) is 42.7. The summed E-state index contributed by atoms with van der Waals surface area (Å²) in [6, 6.07) is 3.77. The third kappa shape index (κ3) is 3.92. The van der Waals surface area contributed by atoms with Gasteiger partial charge in [0.15, 0.2) is 0 Å². The molecule has 210 valence electrons. The van der Waals surface area contributed by atoms with E-state index in [-0.39, 0.29) is 34.8 Å². The summed E-state index contributed by atoms with van der Waals surface area (Å²) in [5.41, 5.74) is 2.20. The van der Waals surface area contributed by atoms with Crippen molar-refractivity contribution < 1.29 is 19.4 Å². The van der Waals surface area contributed by atoms with Gasteiger partial charge in [-0.3, -0.25) is 4.79 Å². The summed E-state index contributed by atoms with van der Waals surface area (Å²) >= 11 is 0. The first-order chi connectivity index (χ1) is 18.1. The van der Waals surface area contributed by atoms with Crippen molar-refractivity contribution in [1.29, 1.82) is 0 Å². The van der Waals surface area contributed by atoms with Crippen LogP contribution in [0.2, 0.25) is 0 Å². The highest BCUT2D eigenvalue weighted by molar-refractivity contribution is 5.95. The van der Waals surface area contributed by atoms with E-state index in [4.69, 9.17) is 0 Å². The molecule has 0 aromatic heterocycles. The maximum atomic E-state index is 14.9. The fourth-order valence-electron chi connectivity index (χ4n) is 10.6. The third-order valence-corrected chi connectivity index (χ3v) is 12.9. The predicted octanol–water partition coefficient (Wildman–Crippen LogP) is 6.43. The second-order valence-electron chi connectivity index (χ2n) is 14.4. The molecule has 0 saturated heterocycles. The highest BCUT2D eigenvalue weighted by atomic mass is 19.1. The number of anilines is 1. The average Bonchev–Trinajstić information content (AvgIpc) is 3.48. The van der Waals surface area contributed by atoms with Crippen LogP contribution in [-0.2, 0) is 11.2 Å². The summed E-state index contributed by atoms with van der Waals surface area (Å²) in [5, 5.41) is 22.1. The fourth-order valence-corrected chi connectivity index (χ4v) is 10.6. The number of rotatable bonds is 4. The number of carbonyl (C=O) groups excluding carboxylic acids is 1. The largest absolute Gasteiger partial charge is 0.393 e. The molecule has 5 heteroatoms. The first kappa shape index (κ1) is 26.7. The molecule has 38 heavy (non-hydrogen) atoms. The van der Waals surface area contributed by atoms with E-state index in [2.05, 4.69) is 20.8 Å². The molecule has 0 radical (unpaired) electrons. The van der Waals surface area contributed by atoms with E-state index in [1.165, 1.54) is 19.3 Å². The molecular formula is C33H48FNO3. The Morgan fingerprint density at radius 3 is 2.68 bits per heavy atom. The van der Waals surface area contributed by atoms with Gasteiger partial charge in [-0.1, -0.05) is 32.9 Å². The Labute approximate surface area is 228 Å². The molecule has 0 spiro atoms. The summed E-state index contributed by atoms with van der Waals surface area (Å²) < 4.78 is 14.9. The zero-order valence-corrected chi connectivity index (χ0v) is 23.9. The molecule has 1 aromatic carbocycles. The van der Waals surface area contributed by atoms with Gasteiger partial charge in [-0.05, 0) is 129 Å². The van der Waals surface area contributed by atoms with Gasteiger partial charge < -0.3 is 15.1 Å². The SMILES string of the molecule is Cc1ccc2c(c1F)N(C(=O)CC[C@@H](C)[C@H]1CC[C@H]3[C@@H]4CC[C@@H]5C[C@H](O)CC[C@]5(C)[C@H]4C[C@H](O)[C@]13C)CC2. The van der Waals surface area contributed by atoms with Gasteiger partial charge in [0.05, 0.1) is 17.9 Å². The van der Waals surface area contributed by atoms with Crippen LogP contribution < -0.4 is 4.90 Å². The van der Waals surface area contributed by atoms with Crippen molar-refractivity contribution in [2.75, 3.05) is 11.4 Å². The molecule has 1 heterocycles. The number of aliphatic hydroxyl groups excluding tert-OH is 2. The maximum Gasteiger partial charge on any atom is 0.227 e. The van der Waals surface area contributed by atoms with E-state index in [1.807, 2.05) is 12.1 Å². The topological polar surface area (TPSA) is 60.8 Å². The molecule has 4 aliphatic carbocycles. The number of nitrogens with zero attached hydrogens (tertiary/aromatic N) is 1. The first-order valence-corrected chi connectivity index (χ1v) is 15.5. The smallest absolute Gasteiger partial charge is 0.227 e. The number of benzene rings is 1. The molecule has 4 fully saturated rings. The zero-order chi connectivity index (χ0) is 27.0. The number of carbonyl (C=O) groups is 1. The Kier molecular flexibility index (Phi) is 6.74. The maximum absolute atomic E-state index is 14.9. The van der Waals surface area contributed by atoms with Crippen LogP contribution in [0.5, 0.6) is 0 Å². The van der Waals surface area contributed by atoms with Crippen LogP contribution in [-0.4, -0.2) is 34.9 Å². The van der Waals surface area contributed by atoms with E-state index in [1.54, 1.807) is 11.8 Å². The Balaban J connectivity index is 1.14. The molecular weight excluding hydrogens is 477 g/mol. The highest BCUT2D eigenvalue weighted by Gasteiger charge is 2.63. The van der Waals surface area contributed by atoms with Crippen molar-refractivity contribution in [1.82, 2.24) is 0 Å². The monoisotopic (exact) mass is 525 g/mol. The van der Waals surface area contributed by atoms with Crippen molar-refractivity contribution in [2.24, 2.45) is 46.3 Å². The van der Waals surface area contributed by atoms with Crippen LogP contribution in [0.3, 0.4) is 0 Å². The van der Waals surface area contributed by atoms with E-state index >= 15 is 0 Å². The number of amides is 1. The number of aryl methyl sites for hydroxylation is 1. The standard InChI is InChI=1S/C33H48FNO3/c1-19(6-12-29(38)35-16-14-21-7-5-20(2)30(34)31(21)35)25-10-11-26-24-9-8-22-17-23(36)13-15-32(22,3)27(24)18-28(37)33(25,26)4/h5,7,19,22-28,36-37H,6,8-18H2,1-4H3/t19-,22-,23-,24+,25-,26+,27+,28+,32+,33-/m1/s1. The van der Waals surface area contributed by atoms with Gasteiger partial charge in [0.1, 0.15) is 5.82 Å². The van der Waals surface area contributed by atoms with Crippen molar-refractivity contribution in [3.63, 3.8) is 0 Å². The number of hydrogen-bond acceptors (Lipinski definition) is 3. The van der Waals surface area contributed by atoms with Gasteiger partial charge in [0, 0.05) is 13.0 Å². The Morgan fingerprint density at radius 1 is 1.11 bits per heavy atom. The molecule has 1 aliphatic heterocycles. The molecule has 5 aliphatic rings. The number of aliphatic hydroxyl groups is 2. The van der Waals surface area contributed by atoms with Crippen LogP contribution in [0.15, 0.2) is 12.1 Å². The highest BCUT2D eigenvalue weighted by Crippen LogP contribution is 2.68. The molecule has 10 atom stereocenters. The summed E-state index contributed by atoms with van der Waals surface area (Å²) in [5.74, 6) is 2.93.